The molecule has 25 heavy (non-hydrogen) atoms. The molecule has 132 valence electrons. The molecular formula is C19H23N3O3. The van der Waals surface area contributed by atoms with Gasteiger partial charge in [0.1, 0.15) is 6.61 Å². The zero-order valence-corrected chi connectivity index (χ0v) is 14.0. The van der Waals surface area contributed by atoms with Gasteiger partial charge in [0.2, 0.25) is 0 Å². The summed E-state index contributed by atoms with van der Waals surface area (Å²) in [5.41, 5.74) is 7.95. The Morgan fingerprint density at radius 3 is 2.72 bits per heavy atom. The number of piperidine rings is 1. The number of hydrogen-bond acceptors (Lipinski definition) is 5. The van der Waals surface area contributed by atoms with Crippen molar-refractivity contribution in [1.29, 1.82) is 0 Å². The lowest BCUT2D eigenvalue weighted by atomic mass is 9.86. The number of aliphatic hydroxyl groups excluding tert-OH is 1. The second kappa shape index (κ2) is 8.09. The lowest BCUT2D eigenvalue weighted by Crippen LogP contribution is -2.49. The van der Waals surface area contributed by atoms with Crippen molar-refractivity contribution >= 4 is 6.09 Å². The minimum atomic E-state index is -0.699. The lowest BCUT2D eigenvalue weighted by molar-refractivity contribution is 0.00486. The second-order valence-corrected chi connectivity index (χ2v) is 6.29. The molecule has 3 N–H and O–H groups in total. The van der Waals surface area contributed by atoms with Gasteiger partial charge < -0.3 is 20.5 Å². The SMILES string of the molecule is NC(c1ccccn1)[C@H]1CCN(C(=O)OCc2ccccc2)C[C@H]1O. The van der Waals surface area contributed by atoms with E-state index in [1.807, 2.05) is 48.5 Å². The summed E-state index contributed by atoms with van der Waals surface area (Å²) in [6, 6.07) is 14.7. The van der Waals surface area contributed by atoms with Crippen LogP contribution in [0.15, 0.2) is 54.7 Å². The molecule has 3 atom stereocenters. The first-order valence-corrected chi connectivity index (χ1v) is 8.45. The van der Waals surface area contributed by atoms with Gasteiger partial charge in [-0.3, -0.25) is 4.98 Å². The first-order valence-electron chi connectivity index (χ1n) is 8.45. The number of carbonyl (C=O) groups is 1. The van der Waals surface area contributed by atoms with Crippen molar-refractivity contribution in [3.05, 3.63) is 66.0 Å². The summed E-state index contributed by atoms with van der Waals surface area (Å²) >= 11 is 0. The quantitative estimate of drug-likeness (QED) is 0.889. The van der Waals surface area contributed by atoms with E-state index in [-0.39, 0.29) is 25.1 Å². The Balaban J connectivity index is 1.53. The molecule has 0 saturated carbocycles. The number of carbonyl (C=O) groups excluding carboxylic acids is 1. The van der Waals surface area contributed by atoms with Crippen LogP contribution in [0, 0.1) is 5.92 Å². The molecule has 3 rings (SSSR count). The van der Waals surface area contributed by atoms with Gasteiger partial charge in [-0.15, -0.1) is 0 Å². The molecule has 2 heterocycles. The molecule has 2 aromatic rings. The molecule has 1 unspecified atom stereocenters. The van der Waals surface area contributed by atoms with Gasteiger partial charge in [0.25, 0.3) is 0 Å². The molecule has 0 aliphatic carbocycles. The number of pyridine rings is 1. The summed E-state index contributed by atoms with van der Waals surface area (Å²) in [6.45, 7) is 0.956. The topological polar surface area (TPSA) is 88.7 Å². The fourth-order valence-electron chi connectivity index (χ4n) is 3.14. The molecule has 1 aromatic heterocycles. The highest BCUT2D eigenvalue weighted by Crippen LogP contribution is 2.28. The largest absolute Gasteiger partial charge is 0.445 e. The minimum absolute atomic E-state index is 0.131. The van der Waals surface area contributed by atoms with Crippen LogP contribution in [0.4, 0.5) is 4.79 Å². The van der Waals surface area contributed by atoms with Crippen LogP contribution in [0.5, 0.6) is 0 Å². The predicted molar refractivity (Wildman–Crippen MR) is 93.5 cm³/mol. The number of amides is 1. The van der Waals surface area contributed by atoms with Crippen molar-refractivity contribution in [1.82, 2.24) is 9.88 Å². The highest BCUT2D eigenvalue weighted by Gasteiger charge is 2.35. The van der Waals surface area contributed by atoms with Gasteiger partial charge in [-0.25, -0.2) is 4.79 Å². The van der Waals surface area contributed by atoms with Crippen LogP contribution in [-0.2, 0) is 11.3 Å². The van der Waals surface area contributed by atoms with Crippen molar-refractivity contribution in [3.8, 4) is 0 Å². The lowest BCUT2D eigenvalue weighted by Gasteiger charge is -2.37. The Bertz CT molecular complexity index is 681. The zero-order valence-electron chi connectivity index (χ0n) is 14.0. The molecule has 0 bridgehead atoms. The summed E-state index contributed by atoms with van der Waals surface area (Å²) in [6.07, 6.45) is 1.19. The number of nitrogens with two attached hydrogens (primary N) is 1. The third kappa shape index (κ3) is 4.35. The fraction of sp³-hybridized carbons (Fsp3) is 0.368. The van der Waals surface area contributed by atoms with Crippen molar-refractivity contribution in [2.24, 2.45) is 11.7 Å². The van der Waals surface area contributed by atoms with Crippen LogP contribution in [0.3, 0.4) is 0 Å². The molecule has 0 radical (unpaired) electrons. The van der Waals surface area contributed by atoms with Crippen molar-refractivity contribution in [3.63, 3.8) is 0 Å². The van der Waals surface area contributed by atoms with Crippen molar-refractivity contribution < 1.29 is 14.6 Å². The monoisotopic (exact) mass is 341 g/mol. The predicted octanol–water partition coefficient (Wildman–Crippen LogP) is 2.10. The van der Waals surface area contributed by atoms with E-state index in [2.05, 4.69) is 4.98 Å². The van der Waals surface area contributed by atoms with E-state index >= 15 is 0 Å². The van der Waals surface area contributed by atoms with Gasteiger partial charge in [-0.2, -0.15) is 0 Å². The zero-order chi connectivity index (χ0) is 17.6. The highest BCUT2D eigenvalue weighted by molar-refractivity contribution is 5.67. The van der Waals surface area contributed by atoms with Crippen LogP contribution < -0.4 is 5.73 Å². The first kappa shape index (κ1) is 17.4. The maximum atomic E-state index is 12.2. The van der Waals surface area contributed by atoms with E-state index in [0.29, 0.717) is 13.0 Å². The van der Waals surface area contributed by atoms with Gasteiger partial charge in [-0.05, 0) is 24.1 Å². The fourth-order valence-corrected chi connectivity index (χ4v) is 3.14. The van der Waals surface area contributed by atoms with Gasteiger partial charge in [0, 0.05) is 18.7 Å². The molecule has 6 nitrogen and oxygen atoms in total. The molecule has 1 aromatic carbocycles. The number of ether oxygens (including phenoxy) is 1. The van der Waals surface area contributed by atoms with E-state index in [1.54, 1.807) is 6.20 Å². The number of β-amino-alcohol motifs (C(OH)–C–C–N with tert-alkyl or cyclic N) is 1. The molecule has 1 aliphatic rings. The van der Waals surface area contributed by atoms with E-state index in [1.165, 1.54) is 4.90 Å². The summed E-state index contributed by atoms with van der Waals surface area (Å²) in [4.78, 5) is 18.0. The maximum absolute atomic E-state index is 12.2. The average molecular weight is 341 g/mol. The first-order chi connectivity index (χ1) is 12.1. The smallest absolute Gasteiger partial charge is 0.410 e. The van der Waals surface area contributed by atoms with Crippen LogP contribution in [0.25, 0.3) is 0 Å². The van der Waals surface area contributed by atoms with E-state index in [9.17, 15) is 9.90 Å². The maximum Gasteiger partial charge on any atom is 0.410 e. The van der Waals surface area contributed by atoms with Crippen molar-refractivity contribution in [2.45, 2.75) is 25.2 Å². The Morgan fingerprint density at radius 1 is 1.28 bits per heavy atom. The van der Waals surface area contributed by atoms with Gasteiger partial charge >= 0.3 is 6.09 Å². The molecule has 1 aliphatic heterocycles. The van der Waals surface area contributed by atoms with Gasteiger partial charge in [-0.1, -0.05) is 36.4 Å². The summed E-state index contributed by atoms with van der Waals surface area (Å²) in [7, 11) is 0. The summed E-state index contributed by atoms with van der Waals surface area (Å²) in [5, 5.41) is 10.4. The van der Waals surface area contributed by atoms with Gasteiger partial charge in [0.05, 0.1) is 24.4 Å². The molecule has 1 fully saturated rings. The minimum Gasteiger partial charge on any atom is -0.445 e. The van der Waals surface area contributed by atoms with Crippen LogP contribution in [0.1, 0.15) is 23.7 Å². The van der Waals surface area contributed by atoms with Crippen molar-refractivity contribution in [2.75, 3.05) is 13.1 Å². The highest BCUT2D eigenvalue weighted by atomic mass is 16.6. The average Bonchev–Trinajstić information content (AvgIpc) is 2.67. The number of aliphatic hydroxyl groups is 1. The molecular weight excluding hydrogens is 318 g/mol. The Hall–Kier alpha value is -2.44. The third-order valence-corrected chi connectivity index (χ3v) is 4.59. The number of nitrogens with zero attached hydrogens (tertiary/aromatic N) is 2. The van der Waals surface area contributed by atoms with Crippen LogP contribution >= 0.6 is 0 Å². The molecule has 1 amide bonds. The number of rotatable bonds is 4. The number of hydrogen-bond donors (Lipinski definition) is 2. The Kier molecular flexibility index (Phi) is 5.63. The molecule has 1 saturated heterocycles. The number of benzene rings is 1. The second-order valence-electron chi connectivity index (χ2n) is 6.29. The number of aromatic nitrogens is 1. The van der Waals surface area contributed by atoms with Crippen LogP contribution in [0.2, 0.25) is 0 Å². The third-order valence-electron chi connectivity index (χ3n) is 4.59. The van der Waals surface area contributed by atoms with Crippen LogP contribution in [-0.4, -0.2) is 40.3 Å². The normalized spacial score (nSPS) is 21.6. The van der Waals surface area contributed by atoms with E-state index < -0.39 is 12.2 Å². The van der Waals surface area contributed by atoms with Gasteiger partial charge in [0.15, 0.2) is 0 Å². The summed E-state index contributed by atoms with van der Waals surface area (Å²) < 4.78 is 5.33. The molecule has 0 spiro atoms. The van der Waals surface area contributed by atoms with E-state index in [4.69, 9.17) is 10.5 Å². The number of likely N-dealkylation sites (tertiary alicyclic amines) is 1. The Morgan fingerprint density at radius 2 is 2.04 bits per heavy atom. The summed E-state index contributed by atoms with van der Waals surface area (Å²) in [5.74, 6) is -0.131. The molecule has 6 heteroatoms. The Labute approximate surface area is 147 Å². The standard InChI is InChI=1S/C19H23N3O3/c20-18(16-8-4-5-10-21-16)15-9-11-22(12-17(15)23)19(24)25-13-14-6-2-1-3-7-14/h1-8,10,15,17-18,23H,9,11-13,20H2/t15-,17+,18?/m0/s1. The van der Waals surface area contributed by atoms with E-state index in [0.717, 1.165) is 11.3 Å².